The Kier molecular flexibility index (Phi) is 3.86. The van der Waals surface area contributed by atoms with Crippen LogP contribution in [0.5, 0.6) is 0 Å². The lowest BCUT2D eigenvalue weighted by Gasteiger charge is -2.24. The van der Waals surface area contributed by atoms with Crippen LogP contribution in [0.3, 0.4) is 0 Å². The number of fused-ring (bicyclic) bond motifs is 3. The number of aromatic nitrogens is 2. The van der Waals surface area contributed by atoms with Gasteiger partial charge in [0.05, 0.1) is 13.1 Å². The molecule has 1 aromatic carbocycles. The Labute approximate surface area is 142 Å². The van der Waals surface area contributed by atoms with Gasteiger partial charge in [0, 0.05) is 6.07 Å². The lowest BCUT2D eigenvalue weighted by Crippen LogP contribution is -2.39. The molecule has 0 saturated carbocycles. The van der Waals surface area contributed by atoms with Crippen molar-refractivity contribution < 1.29 is 4.40 Å². The standard InChI is InChI=1S/C20H22N4/c1-2-8-15-13-19(23-11-6-3-7-12-23)24-18-10-5-4-9-17(18)22-20(24)16(15)14-21/h4-5,9-10,13H,2-3,6-8,11-12H2,1H3/p+1. The summed E-state index contributed by atoms with van der Waals surface area (Å²) in [6.45, 7) is 4.36. The van der Waals surface area contributed by atoms with Crippen molar-refractivity contribution in [2.45, 2.75) is 39.0 Å². The number of anilines is 1. The maximum atomic E-state index is 9.77. The van der Waals surface area contributed by atoms with Crippen molar-refractivity contribution in [3.8, 4) is 6.07 Å². The minimum absolute atomic E-state index is 0.786. The van der Waals surface area contributed by atoms with Gasteiger partial charge in [0.25, 0.3) is 0 Å². The quantitative estimate of drug-likeness (QED) is 0.748. The van der Waals surface area contributed by atoms with Gasteiger partial charge in [-0.1, -0.05) is 25.5 Å². The van der Waals surface area contributed by atoms with Gasteiger partial charge in [-0.05, 0) is 43.4 Å². The highest BCUT2D eigenvalue weighted by Crippen LogP contribution is 2.25. The predicted molar refractivity (Wildman–Crippen MR) is 96.2 cm³/mol. The number of nitrogens with zero attached hydrogens (tertiary/aromatic N) is 3. The van der Waals surface area contributed by atoms with Crippen LogP contribution in [0.15, 0.2) is 30.3 Å². The van der Waals surface area contributed by atoms with Gasteiger partial charge >= 0.3 is 0 Å². The molecule has 1 aliphatic heterocycles. The van der Waals surface area contributed by atoms with E-state index in [9.17, 15) is 5.26 Å². The molecular weight excluding hydrogens is 296 g/mol. The van der Waals surface area contributed by atoms with Gasteiger partial charge in [-0.25, -0.2) is 0 Å². The average Bonchev–Trinajstić information content (AvgIpc) is 3.01. The highest BCUT2D eigenvalue weighted by molar-refractivity contribution is 5.77. The smallest absolute Gasteiger partial charge is 0.250 e. The largest absolute Gasteiger partial charge is 0.292 e. The van der Waals surface area contributed by atoms with E-state index in [0.717, 1.165) is 53.7 Å². The molecule has 0 aliphatic carbocycles. The fraction of sp³-hybridized carbons (Fsp3) is 0.400. The van der Waals surface area contributed by atoms with Crippen molar-refractivity contribution in [2.24, 2.45) is 0 Å². The second kappa shape index (κ2) is 6.16. The van der Waals surface area contributed by atoms with E-state index in [1.165, 1.54) is 25.1 Å². The summed E-state index contributed by atoms with van der Waals surface area (Å²) in [5, 5.41) is 9.77. The number of H-pyrrole nitrogens is 1. The molecule has 3 aromatic rings. The molecule has 0 unspecified atom stereocenters. The number of imidazole rings is 1. The van der Waals surface area contributed by atoms with Crippen LogP contribution in [0.25, 0.3) is 16.7 Å². The molecule has 122 valence electrons. The van der Waals surface area contributed by atoms with Gasteiger partial charge < -0.3 is 0 Å². The van der Waals surface area contributed by atoms with Gasteiger partial charge in [0.15, 0.2) is 0 Å². The summed E-state index contributed by atoms with van der Waals surface area (Å²) in [6.07, 6.45) is 5.79. The van der Waals surface area contributed by atoms with Crippen LogP contribution in [-0.2, 0) is 6.42 Å². The maximum Gasteiger partial charge on any atom is 0.250 e. The number of piperidine rings is 1. The monoisotopic (exact) mass is 319 g/mol. The number of nitriles is 1. The topological polar surface area (TPSA) is 46.9 Å². The zero-order valence-corrected chi connectivity index (χ0v) is 14.2. The van der Waals surface area contributed by atoms with Crippen LogP contribution in [0, 0.1) is 11.3 Å². The molecule has 0 radical (unpaired) electrons. The Hall–Kier alpha value is -2.54. The fourth-order valence-corrected chi connectivity index (χ4v) is 3.88. The first-order chi connectivity index (χ1) is 11.8. The normalized spacial score (nSPS) is 15.1. The molecule has 24 heavy (non-hydrogen) atoms. The average molecular weight is 319 g/mol. The summed E-state index contributed by atoms with van der Waals surface area (Å²) < 4.78 is 2.25. The third-order valence-electron chi connectivity index (χ3n) is 5.02. The molecule has 0 atom stereocenters. The van der Waals surface area contributed by atoms with Crippen LogP contribution < -0.4 is 9.30 Å². The van der Waals surface area contributed by atoms with E-state index < -0.39 is 0 Å². The molecule has 1 N–H and O–H groups in total. The van der Waals surface area contributed by atoms with Gasteiger partial charge in [-0.3, -0.25) is 9.88 Å². The van der Waals surface area contributed by atoms with E-state index in [-0.39, 0.29) is 0 Å². The van der Waals surface area contributed by atoms with E-state index in [2.05, 4.69) is 51.5 Å². The first kappa shape index (κ1) is 15.0. The summed E-state index contributed by atoms with van der Waals surface area (Å²) in [4.78, 5) is 5.97. The van der Waals surface area contributed by atoms with Crippen LogP contribution in [-0.4, -0.2) is 18.1 Å². The van der Waals surface area contributed by atoms with E-state index in [1.807, 2.05) is 6.07 Å². The van der Waals surface area contributed by atoms with Crippen LogP contribution in [0.4, 0.5) is 5.82 Å². The van der Waals surface area contributed by atoms with Crippen molar-refractivity contribution in [3.05, 3.63) is 41.5 Å². The third-order valence-corrected chi connectivity index (χ3v) is 5.02. The molecule has 1 aliphatic rings. The summed E-state index contributed by atoms with van der Waals surface area (Å²) in [5.74, 6) is 1.23. The number of aryl methyl sites for hydroxylation is 1. The number of nitrogens with one attached hydrogen (secondary N) is 1. The molecule has 4 heteroatoms. The van der Waals surface area contributed by atoms with Crippen molar-refractivity contribution in [1.82, 2.24) is 4.98 Å². The Morgan fingerprint density at radius 2 is 2.00 bits per heavy atom. The van der Waals surface area contributed by atoms with Gasteiger partial charge in [-0.2, -0.15) is 9.66 Å². The predicted octanol–water partition coefficient (Wildman–Crippen LogP) is 3.72. The Bertz CT molecular complexity index is 926. The number of rotatable bonds is 3. The van der Waals surface area contributed by atoms with Crippen LogP contribution in [0.1, 0.15) is 43.7 Å². The molecular formula is C20H23N4+. The first-order valence-corrected chi connectivity index (χ1v) is 8.97. The number of benzene rings is 1. The number of hydrogen-bond acceptors (Lipinski definition) is 2. The maximum absolute atomic E-state index is 9.77. The number of pyridine rings is 1. The molecule has 4 rings (SSSR count). The lowest BCUT2D eigenvalue weighted by molar-refractivity contribution is -0.467. The van der Waals surface area contributed by atoms with E-state index in [4.69, 9.17) is 0 Å². The molecule has 3 heterocycles. The molecule has 4 nitrogen and oxygen atoms in total. The molecule has 2 aromatic heterocycles. The Morgan fingerprint density at radius 3 is 2.75 bits per heavy atom. The van der Waals surface area contributed by atoms with Crippen LogP contribution in [0.2, 0.25) is 0 Å². The minimum Gasteiger partial charge on any atom is -0.292 e. The minimum atomic E-state index is 0.786. The fourth-order valence-electron chi connectivity index (χ4n) is 3.88. The number of para-hydroxylation sites is 2. The molecule has 0 spiro atoms. The Balaban J connectivity index is 2.06. The highest BCUT2D eigenvalue weighted by atomic mass is 15.2. The SMILES string of the molecule is CCCc1cc(N2CCCCC2)[n+]2c([nH]c3ccccc32)c1C#N. The number of aromatic amines is 1. The van der Waals surface area contributed by atoms with E-state index in [0.29, 0.717) is 0 Å². The highest BCUT2D eigenvalue weighted by Gasteiger charge is 2.26. The summed E-state index contributed by atoms with van der Waals surface area (Å²) in [7, 11) is 0. The zero-order valence-electron chi connectivity index (χ0n) is 14.2. The van der Waals surface area contributed by atoms with Crippen molar-refractivity contribution in [2.75, 3.05) is 18.0 Å². The third kappa shape index (κ3) is 2.32. The zero-order chi connectivity index (χ0) is 16.5. The Morgan fingerprint density at radius 1 is 1.21 bits per heavy atom. The molecule has 0 bridgehead atoms. The summed E-state index contributed by atoms with van der Waals surface area (Å²) in [6, 6.07) is 13.0. The summed E-state index contributed by atoms with van der Waals surface area (Å²) in [5.41, 5.74) is 5.11. The van der Waals surface area contributed by atoms with Gasteiger partial charge in [-0.15, -0.1) is 0 Å². The second-order valence-electron chi connectivity index (χ2n) is 6.64. The van der Waals surface area contributed by atoms with Gasteiger partial charge in [0.1, 0.15) is 22.7 Å². The first-order valence-electron chi connectivity index (χ1n) is 8.97. The van der Waals surface area contributed by atoms with Crippen LogP contribution >= 0.6 is 0 Å². The van der Waals surface area contributed by atoms with E-state index in [1.54, 1.807) is 0 Å². The van der Waals surface area contributed by atoms with Crippen molar-refractivity contribution >= 4 is 22.5 Å². The van der Waals surface area contributed by atoms with Crippen molar-refractivity contribution in [1.29, 1.82) is 5.26 Å². The number of hydrogen-bond donors (Lipinski definition) is 1. The summed E-state index contributed by atoms with van der Waals surface area (Å²) >= 11 is 0. The molecule has 0 amide bonds. The lowest BCUT2D eigenvalue weighted by atomic mass is 10.0. The van der Waals surface area contributed by atoms with E-state index >= 15 is 0 Å². The van der Waals surface area contributed by atoms with Crippen molar-refractivity contribution in [3.63, 3.8) is 0 Å². The molecule has 1 fully saturated rings. The second-order valence-corrected chi connectivity index (χ2v) is 6.64. The molecule has 1 saturated heterocycles. The van der Waals surface area contributed by atoms with Gasteiger partial charge in [0.2, 0.25) is 11.5 Å².